The zero-order valence-electron chi connectivity index (χ0n) is 29.6. The lowest BCUT2D eigenvalue weighted by atomic mass is 9.84. The number of pyridine rings is 1. The van der Waals surface area contributed by atoms with Crippen LogP contribution >= 0.6 is 11.6 Å². The smallest absolute Gasteiger partial charge is 0.304 e. The summed E-state index contributed by atoms with van der Waals surface area (Å²) in [6.07, 6.45) is -2.63. The molecule has 0 saturated heterocycles. The Morgan fingerprint density at radius 1 is 1.07 bits per heavy atom. The molecule has 0 spiro atoms. The third-order valence-electron chi connectivity index (χ3n) is 9.54. The molecule has 20 heteroatoms. The summed E-state index contributed by atoms with van der Waals surface area (Å²) < 4.78 is 117. The summed E-state index contributed by atoms with van der Waals surface area (Å²) >= 11 is 6.58. The lowest BCUT2D eigenvalue weighted by Crippen LogP contribution is -2.36. The van der Waals surface area contributed by atoms with Gasteiger partial charge in [-0.05, 0) is 42.3 Å². The number of carbonyl (C=O) groups excluding carboxylic acids is 1. The number of aryl methyl sites for hydroxylation is 1. The highest BCUT2D eigenvalue weighted by molar-refractivity contribution is 7.92. The Morgan fingerprint density at radius 2 is 1.77 bits per heavy atom. The van der Waals surface area contributed by atoms with Gasteiger partial charge in [-0.15, -0.1) is 0 Å². The van der Waals surface area contributed by atoms with E-state index in [-0.39, 0.29) is 52.9 Å². The van der Waals surface area contributed by atoms with E-state index in [1.54, 1.807) is 30.1 Å². The second-order valence-electron chi connectivity index (χ2n) is 13.5. The summed E-state index contributed by atoms with van der Waals surface area (Å²) in [5.41, 5.74) is -1.07. The zero-order valence-corrected chi connectivity index (χ0v) is 31.2. The SMILES string of the molecule is CN(CCO)c1ccc(-c2ccc(Cl)c3c(NS(C)(=O)=O)nn(C)c23)c([C@H](Cc2cc(F)cc(F)c2)NC(=O)Cn2nc(C(F)F)c3c2C(F)(F)[C@@H]2C#C[C@H]32)n1. The van der Waals surface area contributed by atoms with E-state index in [9.17, 15) is 35.9 Å². The summed E-state index contributed by atoms with van der Waals surface area (Å²) in [5, 5.41) is 20.7. The molecule has 0 fully saturated rings. The van der Waals surface area contributed by atoms with E-state index in [1.165, 1.54) is 17.8 Å². The molecule has 0 radical (unpaired) electrons. The lowest BCUT2D eigenvalue weighted by Gasteiger charge is -2.25. The molecule has 0 unspecified atom stereocenters. The van der Waals surface area contributed by atoms with Crippen LogP contribution in [0.2, 0.25) is 5.02 Å². The van der Waals surface area contributed by atoms with E-state index in [1.807, 2.05) is 0 Å². The second kappa shape index (κ2) is 14.3. The maximum absolute atomic E-state index is 15.5. The van der Waals surface area contributed by atoms with Gasteiger partial charge in [0.25, 0.3) is 6.43 Å². The number of rotatable bonds is 13. The number of fused-ring (bicyclic) bond motifs is 4. The van der Waals surface area contributed by atoms with Gasteiger partial charge in [0.05, 0.1) is 46.4 Å². The van der Waals surface area contributed by atoms with Crippen molar-refractivity contribution in [3.05, 3.63) is 87.3 Å². The van der Waals surface area contributed by atoms with Gasteiger partial charge in [-0.1, -0.05) is 29.5 Å². The molecule has 2 aromatic carbocycles. The van der Waals surface area contributed by atoms with Crippen molar-refractivity contribution in [1.82, 2.24) is 29.9 Å². The van der Waals surface area contributed by atoms with Crippen LogP contribution in [0.5, 0.6) is 0 Å². The van der Waals surface area contributed by atoms with Crippen LogP contribution in [0.25, 0.3) is 22.0 Å². The van der Waals surface area contributed by atoms with Crippen LogP contribution in [0.1, 0.15) is 46.6 Å². The number of benzene rings is 2. The molecule has 5 aromatic rings. The number of hydrogen-bond acceptors (Lipinski definition) is 8. The number of carbonyl (C=O) groups is 1. The number of anilines is 2. The van der Waals surface area contributed by atoms with Gasteiger partial charge in [0, 0.05) is 43.4 Å². The molecule has 3 heterocycles. The topological polar surface area (TPSA) is 147 Å². The number of nitrogens with zero attached hydrogens (tertiary/aromatic N) is 6. The van der Waals surface area contributed by atoms with Crippen LogP contribution in [0.3, 0.4) is 0 Å². The second-order valence-corrected chi connectivity index (χ2v) is 15.6. The molecule has 3 N–H and O–H groups in total. The Labute approximate surface area is 320 Å². The number of sulfonamides is 1. The van der Waals surface area contributed by atoms with Gasteiger partial charge in [-0.2, -0.15) is 19.0 Å². The molecule has 294 valence electrons. The number of hydrogen-bond donors (Lipinski definition) is 3. The Bertz CT molecular complexity index is 2570. The molecular weight excluding hydrogens is 790 g/mol. The summed E-state index contributed by atoms with van der Waals surface area (Å²) in [5.74, 6) is -4.24. The van der Waals surface area contributed by atoms with E-state index >= 15 is 8.78 Å². The molecule has 3 atom stereocenters. The number of amides is 1. The number of aliphatic hydroxyl groups is 1. The predicted octanol–water partition coefficient (Wildman–Crippen LogP) is 5.42. The average molecular weight is 821 g/mol. The van der Waals surface area contributed by atoms with Gasteiger partial charge >= 0.3 is 5.92 Å². The van der Waals surface area contributed by atoms with E-state index in [0.717, 1.165) is 18.4 Å². The van der Waals surface area contributed by atoms with Gasteiger partial charge in [-0.25, -0.2) is 31.0 Å². The number of likely N-dealkylation sites (N-methyl/N-ethyl adjacent to an activating group) is 1. The van der Waals surface area contributed by atoms with Gasteiger partial charge < -0.3 is 15.3 Å². The minimum absolute atomic E-state index is 0.0521. The van der Waals surface area contributed by atoms with Crippen molar-refractivity contribution >= 4 is 50.1 Å². The van der Waals surface area contributed by atoms with Crippen LogP contribution in [-0.4, -0.2) is 70.4 Å². The maximum Gasteiger partial charge on any atom is 0.304 e. The van der Waals surface area contributed by atoms with Gasteiger partial charge in [0.1, 0.15) is 41.3 Å². The Balaban J connectivity index is 1.38. The monoisotopic (exact) mass is 820 g/mol. The molecule has 1 amide bonds. The Kier molecular flexibility index (Phi) is 9.95. The molecule has 2 aliphatic rings. The Hall–Kier alpha value is -5.32. The van der Waals surface area contributed by atoms with Crippen LogP contribution in [0.4, 0.5) is 38.0 Å². The highest BCUT2D eigenvalue weighted by Crippen LogP contribution is 2.57. The molecule has 0 aliphatic heterocycles. The van der Waals surface area contributed by atoms with Crippen molar-refractivity contribution in [3.8, 4) is 23.0 Å². The minimum Gasteiger partial charge on any atom is -0.395 e. The van der Waals surface area contributed by atoms with Gasteiger partial charge in [0.15, 0.2) is 5.82 Å². The zero-order chi connectivity index (χ0) is 40.4. The van der Waals surface area contributed by atoms with Crippen molar-refractivity contribution in [2.75, 3.05) is 36.1 Å². The van der Waals surface area contributed by atoms with E-state index < -0.39 is 81.3 Å². The Morgan fingerprint density at radius 3 is 2.39 bits per heavy atom. The van der Waals surface area contributed by atoms with Crippen molar-refractivity contribution < 1.29 is 44.7 Å². The van der Waals surface area contributed by atoms with Crippen LogP contribution in [-0.2, 0) is 40.8 Å². The van der Waals surface area contributed by atoms with Crippen molar-refractivity contribution in [2.24, 2.45) is 13.0 Å². The first-order valence-electron chi connectivity index (χ1n) is 16.9. The van der Waals surface area contributed by atoms with Crippen LogP contribution < -0.4 is 14.9 Å². The predicted molar refractivity (Wildman–Crippen MR) is 194 cm³/mol. The number of nitrogens with one attached hydrogen (secondary N) is 2. The molecule has 12 nitrogen and oxygen atoms in total. The molecule has 0 bridgehead atoms. The van der Waals surface area contributed by atoms with Crippen LogP contribution in [0, 0.1) is 29.4 Å². The van der Waals surface area contributed by atoms with E-state index in [2.05, 4.69) is 32.1 Å². The van der Waals surface area contributed by atoms with Crippen molar-refractivity contribution in [2.45, 2.75) is 37.3 Å². The van der Waals surface area contributed by atoms with Gasteiger partial charge in [-0.3, -0.25) is 18.9 Å². The average Bonchev–Trinajstić information content (AvgIpc) is 3.65. The van der Waals surface area contributed by atoms with E-state index in [4.69, 9.17) is 16.6 Å². The number of aliphatic hydroxyl groups excluding tert-OH is 1. The van der Waals surface area contributed by atoms with Crippen LogP contribution in [0.15, 0.2) is 42.5 Å². The third kappa shape index (κ3) is 7.01. The molecule has 7 rings (SSSR count). The highest BCUT2D eigenvalue weighted by Gasteiger charge is 2.60. The standard InChI is InChI=1S/C36H31ClF6N8O4S/c1-49(10-11-52)26-9-6-20(21-5-8-24(37)29-32(21)50(2)47-35(29)48-56(3,54)55)30(45-26)25(14-17-12-18(38)15-19(39)13-17)44-27(53)16-51-33-28(31(46-51)34(40)41)22-4-7-23(22)36(33,42)43/h5-6,8-9,12-13,15,22-23,25,34,52H,10-11,14,16H2,1-3H3,(H,44,53)(H,47,48)/t22-,23+,25-/m0/s1. The number of halogens is 7. The van der Waals surface area contributed by atoms with E-state index in [0.29, 0.717) is 27.4 Å². The molecule has 56 heavy (non-hydrogen) atoms. The minimum atomic E-state index is -3.82. The fourth-order valence-corrected chi connectivity index (χ4v) is 7.93. The third-order valence-corrected chi connectivity index (χ3v) is 10.4. The summed E-state index contributed by atoms with van der Waals surface area (Å²) in [6, 6.07) is 7.69. The van der Waals surface area contributed by atoms with Crippen molar-refractivity contribution in [1.29, 1.82) is 0 Å². The fourth-order valence-electron chi connectivity index (χ4n) is 7.20. The van der Waals surface area contributed by atoms with Crippen molar-refractivity contribution in [3.63, 3.8) is 0 Å². The summed E-state index contributed by atoms with van der Waals surface area (Å²) in [6.45, 7) is -1.11. The maximum atomic E-state index is 15.5. The normalized spacial score (nSPS) is 17.2. The van der Waals surface area contributed by atoms with Gasteiger partial charge in [0.2, 0.25) is 15.9 Å². The first-order valence-corrected chi connectivity index (χ1v) is 19.1. The molecule has 3 aromatic heterocycles. The lowest BCUT2D eigenvalue weighted by molar-refractivity contribution is -0.123. The summed E-state index contributed by atoms with van der Waals surface area (Å²) in [4.78, 5) is 20.3. The fraction of sp³-hybridized carbons (Fsp3) is 0.333. The first kappa shape index (κ1) is 38.9. The molecule has 2 aliphatic carbocycles. The molecular formula is C36H31ClF6N8O4S. The number of alkyl halides is 4. The first-order chi connectivity index (χ1) is 26.4. The quantitative estimate of drug-likeness (QED) is 0.105. The number of aromatic nitrogens is 5. The molecule has 0 saturated carbocycles. The largest absolute Gasteiger partial charge is 0.395 e. The highest BCUT2D eigenvalue weighted by atomic mass is 35.5. The summed E-state index contributed by atoms with van der Waals surface area (Å²) in [7, 11) is -0.669.